The van der Waals surface area contributed by atoms with Crippen molar-refractivity contribution in [3.8, 4) is 5.75 Å². The highest BCUT2D eigenvalue weighted by atomic mass is 35.5. The Morgan fingerprint density at radius 3 is 2.71 bits per heavy atom. The maximum atomic E-state index is 15.2. The number of nitrogens with one attached hydrogen (secondary N) is 3. The van der Waals surface area contributed by atoms with Crippen LogP contribution in [0.15, 0.2) is 24.3 Å². The highest BCUT2D eigenvalue weighted by Crippen LogP contribution is 2.44. The summed E-state index contributed by atoms with van der Waals surface area (Å²) in [7, 11) is 0. The number of nitrogens with zero attached hydrogens (tertiary/aromatic N) is 1. The van der Waals surface area contributed by atoms with Gasteiger partial charge in [0.05, 0.1) is 29.9 Å². The molecule has 4 amide bonds. The molecule has 0 unspecified atom stereocenters. The summed E-state index contributed by atoms with van der Waals surface area (Å²) in [4.78, 5) is 37.9. The molecule has 2 aromatic rings. The van der Waals surface area contributed by atoms with Gasteiger partial charge in [-0.15, -0.1) is 0 Å². The van der Waals surface area contributed by atoms with Gasteiger partial charge < -0.3 is 20.3 Å². The first-order valence-corrected chi connectivity index (χ1v) is 11.3. The summed E-state index contributed by atoms with van der Waals surface area (Å²) in [6.45, 7) is 1.17. The number of benzene rings is 2. The fourth-order valence-electron chi connectivity index (χ4n) is 4.63. The molecule has 3 heterocycles. The van der Waals surface area contributed by atoms with E-state index in [1.165, 1.54) is 18.2 Å². The Hall–Kier alpha value is -3.40. The standard InChI is InChI=1S/C23H21ClF2N4O4/c24-11-1-3-15(25)17(7-11)28-23(33)27-12-9-30(10-12)18-8-16(26)20(13-5-6-34-21(13)18)14-2-4-19(31)29-22(14)32/h1,3,7-8,12,14H,2,4-6,9-10H2,(H2,27,28,33)(H,29,31,32)/t14-/m0/s1. The zero-order valence-electron chi connectivity index (χ0n) is 17.9. The second-order valence-corrected chi connectivity index (χ2v) is 8.96. The van der Waals surface area contributed by atoms with Gasteiger partial charge >= 0.3 is 6.03 Å². The number of hydrogen-bond acceptors (Lipinski definition) is 5. The van der Waals surface area contributed by atoms with Gasteiger partial charge in [0.2, 0.25) is 11.8 Å². The van der Waals surface area contributed by atoms with Gasteiger partial charge in [0.1, 0.15) is 17.4 Å². The Bertz CT molecular complexity index is 1200. The summed E-state index contributed by atoms with van der Waals surface area (Å²) in [5.74, 6) is -2.17. The van der Waals surface area contributed by atoms with Crippen LogP contribution >= 0.6 is 11.6 Å². The third-order valence-electron chi connectivity index (χ3n) is 6.27. The molecule has 3 N–H and O–H groups in total. The number of halogens is 3. The predicted molar refractivity (Wildman–Crippen MR) is 120 cm³/mol. The minimum Gasteiger partial charge on any atom is -0.491 e. The first-order chi connectivity index (χ1) is 16.3. The molecule has 0 saturated carbocycles. The van der Waals surface area contributed by atoms with E-state index in [9.17, 15) is 18.8 Å². The Morgan fingerprint density at radius 2 is 1.94 bits per heavy atom. The van der Waals surface area contributed by atoms with Crippen molar-refractivity contribution >= 4 is 40.8 Å². The van der Waals surface area contributed by atoms with Crippen molar-refractivity contribution < 1.29 is 27.9 Å². The van der Waals surface area contributed by atoms with Gasteiger partial charge in [-0.2, -0.15) is 0 Å². The monoisotopic (exact) mass is 490 g/mol. The number of amides is 4. The van der Waals surface area contributed by atoms with Crippen LogP contribution in [-0.4, -0.2) is 43.6 Å². The topological polar surface area (TPSA) is 99.8 Å². The van der Waals surface area contributed by atoms with E-state index < -0.39 is 29.5 Å². The number of carbonyl (C=O) groups is 3. The second kappa shape index (κ2) is 8.75. The molecule has 178 valence electrons. The molecule has 0 radical (unpaired) electrons. The minimum atomic E-state index is -0.733. The Labute approximate surface area is 198 Å². The van der Waals surface area contributed by atoms with Gasteiger partial charge in [-0.3, -0.25) is 14.9 Å². The fraction of sp³-hybridized carbons (Fsp3) is 0.348. The highest BCUT2D eigenvalue weighted by Gasteiger charge is 2.38. The molecule has 8 nitrogen and oxygen atoms in total. The van der Waals surface area contributed by atoms with Crippen LogP contribution in [-0.2, 0) is 16.0 Å². The lowest BCUT2D eigenvalue weighted by atomic mass is 9.85. The number of rotatable bonds is 4. The van der Waals surface area contributed by atoms with E-state index in [1.807, 2.05) is 4.90 Å². The molecule has 0 aromatic heterocycles. The Balaban J connectivity index is 1.27. The molecule has 0 spiro atoms. The summed E-state index contributed by atoms with van der Waals surface area (Å²) in [6.07, 6.45) is 0.884. The first-order valence-electron chi connectivity index (χ1n) is 10.9. The third kappa shape index (κ3) is 4.13. The number of ether oxygens (including phenoxy) is 1. The molecule has 2 aromatic carbocycles. The minimum absolute atomic E-state index is 0.0292. The summed E-state index contributed by atoms with van der Waals surface area (Å²) in [6, 6.07) is 4.40. The SMILES string of the molecule is O=C1CC[C@@H](c2c(F)cc(N3CC(NC(=O)Nc4cc(Cl)ccc4F)C3)c3c2CCO3)C(=O)N1. The number of anilines is 2. The molecule has 5 rings (SSSR count). The van der Waals surface area contributed by atoms with Crippen molar-refractivity contribution in [3.63, 3.8) is 0 Å². The van der Waals surface area contributed by atoms with E-state index in [-0.39, 0.29) is 30.5 Å². The van der Waals surface area contributed by atoms with E-state index in [0.717, 1.165) is 6.07 Å². The number of fused-ring (bicyclic) bond motifs is 1. The largest absolute Gasteiger partial charge is 0.491 e. The van der Waals surface area contributed by atoms with E-state index in [0.29, 0.717) is 53.7 Å². The molecule has 34 heavy (non-hydrogen) atoms. The molecule has 3 aliphatic rings. The molecular weight excluding hydrogens is 470 g/mol. The van der Waals surface area contributed by atoms with Crippen molar-refractivity contribution in [2.45, 2.75) is 31.2 Å². The van der Waals surface area contributed by atoms with E-state index in [1.54, 1.807) is 0 Å². The number of urea groups is 1. The predicted octanol–water partition coefficient (Wildman–Crippen LogP) is 3.08. The zero-order chi connectivity index (χ0) is 24.0. The van der Waals surface area contributed by atoms with Crippen LogP contribution in [0.4, 0.5) is 25.0 Å². The van der Waals surface area contributed by atoms with Gasteiger partial charge in [0, 0.05) is 48.1 Å². The number of carbonyl (C=O) groups excluding carboxylic acids is 3. The van der Waals surface area contributed by atoms with Crippen LogP contribution in [0, 0.1) is 11.6 Å². The number of piperidine rings is 1. The van der Waals surface area contributed by atoms with Crippen LogP contribution < -0.4 is 25.6 Å². The van der Waals surface area contributed by atoms with E-state index in [2.05, 4.69) is 16.0 Å². The maximum Gasteiger partial charge on any atom is 0.319 e. The van der Waals surface area contributed by atoms with Crippen LogP contribution in [0.25, 0.3) is 0 Å². The fourth-order valence-corrected chi connectivity index (χ4v) is 4.81. The molecule has 3 aliphatic heterocycles. The van der Waals surface area contributed by atoms with Crippen LogP contribution in [0.5, 0.6) is 5.75 Å². The van der Waals surface area contributed by atoms with Gasteiger partial charge in [-0.25, -0.2) is 13.6 Å². The summed E-state index contributed by atoms with van der Waals surface area (Å²) >= 11 is 5.84. The Kier molecular flexibility index (Phi) is 5.76. The van der Waals surface area contributed by atoms with Crippen molar-refractivity contribution in [1.82, 2.24) is 10.6 Å². The number of imide groups is 1. The van der Waals surface area contributed by atoms with Crippen molar-refractivity contribution in [3.05, 3.63) is 52.0 Å². The summed E-state index contributed by atoms with van der Waals surface area (Å²) < 4.78 is 34.8. The molecule has 2 fully saturated rings. The maximum absolute atomic E-state index is 15.2. The van der Waals surface area contributed by atoms with Crippen LogP contribution in [0.3, 0.4) is 0 Å². The summed E-state index contributed by atoms with van der Waals surface area (Å²) in [5, 5.41) is 7.75. The molecule has 11 heteroatoms. The molecule has 2 saturated heterocycles. The highest BCUT2D eigenvalue weighted by molar-refractivity contribution is 6.30. The molecule has 0 aliphatic carbocycles. The zero-order valence-corrected chi connectivity index (χ0v) is 18.7. The normalized spacial score (nSPS) is 19.7. The van der Waals surface area contributed by atoms with E-state index in [4.69, 9.17) is 16.3 Å². The quantitative estimate of drug-likeness (QED) is 0.572. The van der Waals surface area contributed by atoms with Gasteiger partial charge in [0.15, 0.2) is 0 Å². The van der Waals surface area contributed by atoms with Gasteiger partial charge in [-0.05, 0) is 24.6 Å². The van der Waals surface area contributed by atoms with Crippen molar-refractivity contribution in [2.75, 3.05) is 29.9 Å². The summed E-state index contributed by atoms with van der Waals surface area (Å²) in [5.41, 5.74) is 1.47. The second-order valence-electron chi connectivity index (χ2n) is 8.53. The smallest absolute Gasteiger partial charge is 0.319 e. The lowest BCUT2D eigenvalue weighted by molar-refractivity contribution is -0.134. The van der Waals surface area contributed by atoms with Gasteiger partial charge in [-0.1, -0.05) is 11.6 Å². The Morgan fingerprint density at radius 1 is 1.15 bits per heavy atom. The molecule has 0 bridgehead atoms. The lowest BCUT2D eigenvalue weighted by Gasteiger charge is -2.42. The van der Waals surface area contributed by atoms with E-state index >= 15 is 4.39 Å². The average molecular weight is 491 g/mol. The molecule has 1 atom stereocenters. The number of hydrogen-bond donors (Lipinski definition) is 3. The molecular formula is C23H21ClF2N4O4. The lowest BCUT2D eigenvalue weighted by Crippen LogP contribution is -2.60. The van der Waals surface area contributed by atoms with Crippen molar-refractivity contribution in [2.24, 2.45) is 0 Å². The van der Waals surface area contributed by atoms with Gasteiger partial charge in [0.25, 0.3) is 0 Å². The first kappa shape index (κ1) is 22.4. The average Bonchev–Trinajstić information content (AvgIpc) is 3.23. The van der Waals surface area contributed by atoms with Crippen molar-refractivity contribution in [1.29, 1.82) is 0 Å². The van der Waals surface area contributed by atoms with Crippen LogP contribution in [0.1, 0.15) is 29.9 Å². The van der Waals surface area contributed by atoms with Crippen LogP contribution in [0.2, 0.25) is 5.02 Å². The third-order valence-corrected chi connectivity index (χ3v) is 6.51.